The Kier molecular flexibility index (Phi) is 9.31. The van der Waals surface area contributed by atoms with Crippen molar-refractivity contribution in [1.29, 1.82) is 0 Å². The number of hydrogen-bond acceptors (Lipinski definition) is 8. The Hall–Kier alpha value is -3.10. The van der Waals surface area contributed by atoms with Crippen LogP contribution in [0, 0.1) is 12.8 Å². The van der Waals surface area contributed by atoms with Crippen LogP contribution in [0.25, 0.3) is 11.2 Å². The molecule has 45 heavy (non-hydrogen) atoms. The molecule has 2 unspecified atom stereocenters. The third-order valence-corrected chi connectivity index (χ3v) is 9.14. The number of ether oxygens (including phenoxy) is 1. The zero-order chi connectivity index (χ0) is 32.8. The summed E-state index contributed by atoms with van der Waals surface area (Å²) in [6.45, 7) is 7.38. The van der Waals surface area contributed by atoms with Gasteiger partial charge in [0.1, 0.15) is 11.3 Å². The van der Waals surface area contributed by atoms with Crippen LogP contribution in [0.2, 0.25) is 10.0 Å². The van der Waals surface area contributed by atoms with Gasteiger partial charge in [-0.05, 0) is 63.3 Å². The maximum atomic E-state index is 14.6. The van der Waals surface area contributed by atoms with Gasteiger partial charge < -0.3 is 9.64 Å². The Bertz CT molecular complexity index is 1600. The number of benzene rings is 1. The molecule has 2 aliphatic rings. The van der Waals surface area contributed by atoms with E-state index in [4.69, 9.17) is 28.2 Å². The molecule has 0 saturated carbocycles. The number of carbonyl (C=O) groups excluding carboxylic acids is 2. The van der Waals surface area contributed by atoms with Crippen molar-refractivity contribution in [2.45, 2.75) is 76.7 Å². The molecular formula is C29H31Cl2F5N6O3. The highest BCUT2D eigenvalue weighted by molar-refractivity contribution is 6.35. The second-order valence-corrected chi connectivity index (χ2v) is 12.5. The van der Waals surface area contributed by atoms with Gasteiger partial charge in [-0.25, -0.2) is 24.2 Å². The molecule has 2 fully saturated rings. The Morgan fingerprint density at radius 1 is 1.11 bits per heavy atom. The molecule has 244 valence electrons. The average Bonchev–Trinajstić information content (AvgIpc) is 3.55. The summed E-state index contributed by atoms with van der Waals surface area (Å²) in [5, 5.41) is 5.70. The molecule has 2 aliphatic heterocycles. The standard InChI is InChI=1S/C29H31Cl2F5N6O3/c1-15-14-40(10-8-22(15)41-9-4-5-19(41)12-28(32,33)26(43)45-27(44)29(34,35)36)23-13-37-24-16(2)39-42(25(24)38-23)17(3)20-7-6-18(30)11-21(20)31/h6-7,11,13,15,17,19,22H,4-5,8-10,12,14H2,1-3H3/t15?,17-,19+,22?/m1/s1. The van der Waals surface area contributed by atoms with Gasteiger partial charge in [0, 0.05) is 41.6 Å². The number of piperidine rings is 1. The fourth-order valence-corrected chi connectivity index (χ4v) is 6.95. The third kappa shape index (κ3) is 6.87. The van der Waals surface area contributed by atoms with Gasteiger partial charge in [-0.3, -0.25) is 4.90 Å². The highest BCUT2D eigenvalue weighted by Crippen LogP contribution is 2.37. The SMILES string of the molecule is Cc1nn([C@H](C)c2ccc(Cl)cc2Cl)c2nc(N3CCC(N4CCC[C@H]4CC(F)(F)C(=O)OC(=O)C(F)(F)F)C(C)C3)cnc12. The van der Waals surface area contributed by atoms with Crippen LogP contribution < -0.4 is 4.90 Å². The smallest absolute Gasteiger partial charge is 0.382 e. The molecule has 0 amide bonds. The van der Waals surface area contributed by atoms with Crippen LogP contribution in [0.4, 0.5) is 27.8 Å². The molecule has 0 spiro atoms. The molecule has 1 aromatic carbocycles. The molecule has 2 saturated heterocycles. The average molecular weight is 678 g/mol. The summed E-state index contributed by atoms with van der Waals surface area (Å²) in [7, 11) is 0. The van der Waals surface area contributed by atoms with E-state index in [9.17, 15) is 31.5 Å². The number of alkyl halides is 5. The summed E-state index contributed by atoms with van der Waals surface area (Å²) in [6, 6.07) is 4.12. The van der Waals surface area contributed by atoms with Gasteiger partial charge in [-0.1, -0.05) is 36.2 Å². The van der Waals surface area contributed by atoms with Gasteiger partial charge >= 0.3 is 24.0 Å². The number of likely N-dealkylation sites (tertiary alicyclic amines) is 1. The van der Waals surface area contributed by atoms with E-state index in [1.165, 1.54) is 0 Å². The second kappa shape index (κ2) is 12.6. The minimum absolute atomic E-state index is 0.0114. The van der Waals surface area contributed by atoms with E-state index in [0.717, 1.165) is 5.56 Å². The molecular weight excluding hydrogens is 646 g/mol. The summed E-state index contributed by atoms with van der Waals surface area (Å²) in [6.07, 6.45) is -3.39. The maximum Gasteiger partial charge on any atom is 0.491 e. The molecule has 4 atom stereocenters. The van der Waals surface area contributed by atoms with Crippen LogP contribution in [0.3, 0.4) is 0 Å². The van der Waals surface area contributed by atoms with Crippen LogP contribution in [-0.4, -0.2) is 80.4 Å². The van der Waals surface area contributed by atoms with Gasteiger partial charge in [0.05, 0.1) is 17.9 Å². The molecule has 2 aromatic heterocycles. The number of aryl methyl sites for hydroxylation is 1. The number of anilines is 1. The first-order valence-electron chi connectivity index (χ1n) is 14.5. The normalized spacial score (nSPS) is 22.2. The summed E-state index contributed by atoms with van der Waals surface area (Å²) in [5.41, 5.74) is 2.75. The van der Waals surface area contributed by atoms with E-state index < -0.39 is 36.5 Å². The Balaban J connectivity index is 1.29. The number of rotatable bonds is 7. The number of aromatic nitrogens is 4. The largest absolute Gasteiger partial charge is 0.491 e. The van der Waals surface area contributed by atoms with Crippen molar-refractivity contribution in [1.82, 2.24) is 24.6 Å². The monoisotopic (exact) mass is 676 g/mol. The minimum Gasteiger partial charge on any atom is -0.382 e. The topological polar surface area (TPSA) is 93.5 Å². The summed E-state index contributed by atoms with van der Waals surface area (Å²) >= 11 is 12.6. The number of halogens is 7. The molecule has 0 bridgehead atoms. The van der Waals surface area contributed by atoms with Crippen molar-refractivity contribution in [3.05, 3.63) is 45.7 Å². The maximum absolute atomic E-state index is 14.6. The number of esters is 2. The molecule has 4 heterocycles. The van der Waals surface area contributed by atoms with E-state index in [-0.39, 0.29) is 18.0 Å². The second-order valence-electron chi connectivity index (χ2n) is 11.7. The van der Waals surface area contributed by atoms with Crippen molar-refractivity contribution in [2.24, 2.45) is 5.92 Å². The van der Waals surface area contributed by atoms with Crippen molar-refractivity contribution < 1.29 is 36.3 Å². The first-order valence-corrected chi connectivity index (χ1v) is 15.2. The molecule has 16 heteroatoms. The Morgan fingerprint density at radius 3 is 2.51 bits per heavy atom. The fraction of sp³-hybridized carbons (Fsp3) is 0.552. The van der Waals surface area contributed by atoms with Crippen LogP contribution in [0.15, 0.2) is 24.4 Å². The first-order chi connectivity index (χ1) is 21.1. The lowest BCUT2D eigenvalue weighted by Gasteiger charge is -2.44. The van der Waals surface area contributed by atoms with Gasteiger partial charge in [-0.15, -0.1) is 0 Å². The fourth-order valence-electron chi connectivity index (χ4n) is 6.38. The first kappa shape index (κ1) is 33.3. The van der Waals surface area contributed by atoms with Crippen molar-refractivity contribution in [3.63, 3.8) is 0 Å². The summed E-state index contributed by atoms with van der Waals surface area (Å²) in [4.78, 5) is 36.2. The van der Waals surface area contributed by atoms with Crippen molar-refractivity contribution in [2.75, 3.05) is 24.5 Å². The highest BCUT2D eigenvalue weighted by Gasteiger charge is 2.51. The lowest BCUT2D eigenvalue weighted by atomic mass is 9.91. The molecule has 5 rings (SSSR count). The molecule has 3 aromatic rings. The minimum atomic E-state index is -5.55. The summed E-state index contributed by atoms with van der Waals surface area (Å²) < 4.78 is 71.8. The molecule has 0 aliphatic carbocycles. The lowest BCUT2D eigenvalue weighted by Crippen LogP contribution is -2.53. The van der Waals surface area contributed by atoms with Crippen LogP contribution in [-0.2, 0) is 14.3 Å². The summed E-state index contributed by atoms with van der Waals surface area (Å²) in [5.74, 6) is -9.08. The Morgan fingerprint density at radius 2 is 1.84 bits per heavy atom. The predicted octanol–water partition coefficient (Wildman–Crippen LogP) is 6.39. The molecule has 0 radical (unpaired) electrons. The number of nitrogens with zero attached hydrogens (tertiary/aromatic N) is 6. The third-order valence-electron chi connectivity index (χ3n) is 8.58. The van der Waals surface area contributed by atoms with Crippen LogP contribution >= 0.6 is 23.2 Å². The van der Waals surface area contributed by atoms with Crippen LogP contribution in [0.1, 0.15) is 56.8 Å². The van der Waals surface area contributed by atoms with Crippen molar-refractivity contribution >= 4 is 52.1 Å². The number of carbonyl (C=O) groups is 2. The van der Waals surface area contributed by atoms with E-state index in [0.29, 0.717) is 71.6 Å². The molecule has 9 nitrogen and oxygen atoms in total. The Labute approximate surface area is 265 Å². The predicted molar refractivity (Wildman–Crippen MR) is 157 cm³/mol. The van der Waals surface area contributed by atoms with Gasteiger partial charge in [0.2, 0.25) is 0 Å². The van der Waals surface area contributed by atoms with E-state index in [2.05, 4.69) is 19.7 Å². The van der Waals surface area contributed by atoms with Crippen LogP contribution in [0.5, 0.6) is 0 Å². The van der Waals surface area contributed by atoms with Crippen molar-refractivity contribution in [3.8, 4) is 0 Å². The van der Waals surface area contributed by atoms with Gasteiger partial charge in [0.15, 0.2) is 5.65 Å². The van der Waals surface area contributed by atoms with Gasteiger partial charge in [0.25, 0.3) is 0 Å². The van der Waals surface area contributed by atoms with E-state index in [1.54, 1.807) is 23.0 Å². The zero-order valence-corrected chi connectivity index (χ0v) is 26.1. The number of fused-ring (bicyclic) bond motifs is 1. The zero-order valence-electron chi connectivity index (χ0n) is 24.6. The number of hydrogen-bond donors (Lipinski definition) is 0. The quantitative estimate of drug-likeness (QED) is 0.162. The highest BCUT2D eigenvalue weighted by atomic mass is 35.5. The van der Waals surface area contributed by atoms with E-state index >= 15 is 0 Å². The van der Waals surface area contributed by atoms with E-state index in [1.807, 2.05) is 31.7 Å². The lowest BCUT2D eigenvalue weighted by molar-refractivity contribution is -0.211. The van der Waals surface area contributed by atoms with Gasteiger partial charge in [-0.2, -0.15) is 27.1 Å². The molecule has 0 N–H and O–H groups in total.